The average Bonchev–Trinajstić information content (AvgIpc) is 2.86. The first-order chi connectivity index (χ1) is 9.83. The Morgan fingerprint density at radius 1 is 1.52 bits per heavy atom. The van der Waals surface area contributed by atoms with Crippen LogP contribution in [0.1, 0.15) is 19.3 Å². The first-order valence-corrected chi connectivity index (χ1v) is 8.23. The number of halogens is 1. The van der Waals surface area contributed by atoms with Crippen LogP contribution >= 0.6 is 11.6 Å². The average molecular weight is 334 g/mol. The highest BCUT2D eigenvalue weighted by Crippen LogP contribution is 2.38. The standard InChI is InChI=1S/C13H16ClNO5S/c1-2-4-13(12(16)17)5-7-15(8-6-13)21(18,19)10-3-9-20-11(10)14/h2-3,9H,1,4-8H2,(H,16,17). The van der Waals surface area contributed by atoms with Gasteiger partial charge in [-0.1, -0.05) is 6.08 Å². The van der Waals surface area contributed by atoms with E-state index in [1.54, 1.807) is 6.08 Å². The van der Waals surface area contributed by atoms with Gasteiger partial charge in [0.05, 0.1) is 11.7 Å². The molecule has 1 aromatic heterocycles. The van der Waals surface area contributed by atoms with Crippen LogP contribution in [0, 0.1) is 5.41 Å². The zero-order valence-electron chi connectivity index (χ0n) is 11.3. The van der Waals surface area contributed by atoms with Crippen LogP contribution in [0.5, 0.6) is 0 Å². The van der Waals surface area contributed by atoms with Gasteiger partial charge in [-0.25, -0.2) is 8.42 Å². The number of aliphatic carboxylic acids is 1. The van der Waals surface area contributed by atoms with E-state index < -0.39 is 21.4 Å². The monoisotopic (exact) mass is 333 g/mol. The Morgan fingerprint density at radius 2 is 2.14 bits per heavy atom. The first kappa shape index (κ1) is 16.1. The van der Waals surface area contributed by atoms with Gasteiger partial charge in [-0.15, -0.1) is 6.58 Å². The third-order valence-electron chi connectivity index (χ3n) is 3.87. The Labute approximate surface area is 128 Å². The van der Waals surface area contributed by atoms with E-state index in [1.807, 2.05) is 0 Å². The van der Waals surface area contributed by atoms with Crippen LogP contribution < -0.4 is 0 Å². The molecule has 1 N–H and O–H groups in total. The Morgan fingerprint density at radius 3 is 2.57 bits per heavy atom. The SMILES string of the molecule is C=CCC1(C(=O)O)CCN(S(=O)(=O)c2ccoc2Cl)CC1. The lowest BCUT2D eigenvalue weighted by atomic mass is 9.76. The lowest BCUT2D eigenvalue weighted by molar-refractivity contribution is -0.151. The molecule has 0 spiro atoms. The van der Waals surface area contributed by atoms with Crippen molar-refractivity contribution in [3.8, 4) is 0 Å². The van der Waals surface area contributed by atoms with Crippen molar-refractivity contribution in [2.24, 2.45) is 5.41 Å². The maximum Gasteiger partial charge on any atom is 0.310 e. The van der Waals surface area contributed by atoms with Gasteiger partial charge in [0.25, 0.3) is 0 Å². The summed E-state index contributed by atoms with van der Waals surface area (Å²) in [5.41, 5.74) is -0.937. The number of nitrogens with zero attached hydrogens (tertiary/aromatic N) is 1. The number of hydrogen-bond acceptors (Lipinski definition) is 4. The molecule has 1 aliphatic heterocycles. The molecule has 1 aliphatic rings. The van der Waals surface area contributed by atoms with E-state index in [9.17, 15) is 18.3 Å². The molecule has 0 amide bonds. The maximum atomic E-state index is 12.4. The molecule has 0 radical (unpaired) electrons. The van der Waals surface area contributed by atoms with Gasteiger partial charge in [-0.2, -0.15) is 4.31 Å². The summed E-state index contributed by atoms with van der Waals surface area (Å²) >= 11 is 5.72. The predicted octanol–water partition coefficient (Wildman–Crippen LogP) is 2.36. The van der Waals surface area contributed by atoms with Crippen molar-refractivity contribution >= 4 is 27.6 Å². The largest absolute Gasteiger partial charge is 0.481 e. The van der Waals surface area contributed by atoms with Crippen molar-refractivity contribution in [3.63, 3.8) is 0 Å². The van der Waals surface area contributed by atoms with E-state index in [1.165, 1.54) is 16.6 Å². The molecule has 0 saturated carbocycles. The maximum absolute atomic E-state index is 12.4. The molecule has 0 aromatic carbocycles. The molecule has 116 valence electrons. The van der Waals surface area contributed by atoms with Crippen LogP contribution in [0.15, 0.2) is 34.3 Å². The summed E-state index contributed by atoms with van der Waals surface area (Å²) in [5, 5.41) is 9.20. The van der Waals surface area contributed by atoms with E-state index in [-0.39, 0.29) is 36.0 Å². The molecule has 6 nitrogen and oxygen atoms in total. The number of hydrogen-bond donors (Lipinski definition) is 1. The van der Waals surface area contributed by atoms with E-state index in [4.69, 9.17) is 16.0 Å². The van der Waals surface area contributed by atoms with Gasteiger partial charge >= 0.3 is 5.97 Å². The first-order valence-electron chi connectivity index (χ1n) is 6.41. The summed E-state index contributed by atoms with van der Waals surface area (Å²) in [7, 11) is -3.75. The van der Waals surface area contributed by atoms with E-state index in [0.29, 0.717) is 6.42 Å². The number of carbonyl (C=O) groups is 1. The molecular weight excluding hydrogens is 318 g/mol. The fraction of sp³-hybridized carbons (Fsp3) is 0.462. The fourth-order valence-electron chi connectivity index (χ4n) is 2.54. The summed E-state index contributed by atoms with van der Waals surface area (Å²) in [4.78, 5) is 11.4. The van der Waals surface area contributed by atoms with Crippen LogP contribution in [-0.2, 0) is 14.8 Å². The summed E-state index contributed by atoms with van der Waals surface area (Å²) in [6, 6.07) is 1.29. The van der Waals surface area contributed by atoms with E-state index >= 15 is 0 Å². The van der Waals surface area contributed by atoms with E-state index in [0.717, 1.165) is 0 Å². The van der Waals surface area contributed by atoms with Crippen molar-refractivity contribution < 1.29 is 22.7 Å². The summed E-state index contributed by atoms with van der Waals surface area (Å²) in [6.45, 7) is 3.84. The van der Waals surface area contributed by atoms with Crippen molar-refractivity contribution in [1.82, 2.24) is 4.31 Å². The Balaban J connectivity index is 2.19. The molecule has 1 aromatic rings. The lowest BCUT2D eigenvalue weighted by Crippen LogP contribution is -2.46. The molecule has 0 aliphatic carbocycles. The number of allylic oxidation sites excluding steroid dienone is 1. The van der Waals surface area contributed by atoms with E-state index in [2.05, 4.69) is 6.58 Å². The predicted molar refractivity (Wildman–Crippen MR) is 76.6 cm³/mol. The molecule has 0 bridgehead atoms. The van der Waals surface area contributed by atoms with Crippen molar-refractivity contribution in [1.29, 1.82) is 0 Å². The second-order valence-electron chi connectivity index (χ2n) is 5.04. The zero-order chi connectivity index (χ0) is 15.7. The number of rotatable bonds is 5. The van der Waals surface area contributed by atoms with Crippen LogP contribution in [0.3, 0.4) is 0 Å². The van der Waals surface area contributed by atoms with Crippen molar-refractivity contribution in [2.75, 3.05) is 13.1 Å². The van der Waals surface area contributed by atoms with Crippen LogP contribution in [0.2, 0.25) is 5.22 Å². The molecule has 1 fully saturated rings. The van der Waals surface area contributed by atoms with Crippen molar-refractivity contribution in [3.05, 3.63) is 30.2 Å². The molecule has 0 atom stereocenters. The molecule has 2 heterocycles. The van der Waals surface area contributed by atoms with Crippen molar-refractivity contribution in [2.45, 2.75) is 24.2 Å². The number of furan rings is 1. The fourth-order valence-corrected chi connectivity index (χ4v) is 4.37. The minimum atomic E-state index is -3.75. The number of carboxylic acids is 1. The number of piperidine rings is 1. The van der Waals surface area contributed by atoms with Gasteiger partial charge in [-0.05, 0) is 36.9 Å². The molecular formula is C13H16ClNO5S. The summed E-state index contributed by atoms with van der Waals surface area (Å²) < 4.78 is 30.9. The minimum absolute atomic E-state index is 0.0873. The molecule has 8 heteroatoms. The number of sulfonamides is 1. The van der Waals surface area contributed by atoms with Gasteiger partial charge in [0, 0.05) is 13.1 Å². The Bertz CT molecular complexity index is 643. The van der Waals surface area contributed by atoms with Gasteiger partial charge < -0.3 is 9.52 Å². The molecule has 0 unspecified atom stereocenters. The third-order valence-corrected chi connectivity index (χ3v) is 6.20. The molecule has 21 heavy (non-hydrogen) atoms. The smallest absolute Gasteiger partial charge is 0.310 e. The van der Waals surface area contributed by atoms with Gasteiger partial charge in [0.15, 0.2) is 0 Å². The van der Waals surface area contributed by atoms with Crippen LogP contribution in [0.4, 0.5) is 0 Å². The summed E-state index contributed by atoms with van der Waals surface area (Å²) in [6.07, 6.45) is 3.57. The highest BCUT2D eigenvalue weighted by molar-refractivity contribution is 7.89. The van der Waals surface area contributed by atoms with Gasteiger partial charge in [0.2, 0.25) is 15.2 Å². The third kappa shape index (κ3) is 2.86. The van der Waals surface area contributed by atoms with Gasteiger partial charge in [-0.3, -0.25) is 4.79 Å². The minimum Gasteiger partial charge on any atom is -0.481 e. The Hall–Kier alpha value is -1.31. The second kappa shape index (κ2) is 5.82. The number of carboxylic acid groups (broad SMARTS) is 1. The summed E-state index contributed by atoms with van der Waals surface area (Å²) in [5.74, 6) is -0.916. The second-order valence-corrected chi connectivity index (χ2v) is 7.29. The molecule has 2 rings (SSSR count). The Kier molecular flexibility index (Phi) is 4.46. The zero-order valence-corrected chi connectivity index (χ0v) is 12.9. The van der Waals surface area contributed by atoms with Gasteiger partial charge in [0.1, 0.15) is 4.90 Å². The highest BCUT2D eigenvalue weighted by atomic mass is 35.5. The van der Waals surface area contributed by atoms with Crippen LogP contribution in [-0.4, -0.2) is 36.9 Å². The normalized spacial score (nSPS) is 19.3. The topological polar surface area (TPSA) is 87.8 Å². The highest BCUT2D eigenvalue weighted by Gasteiger charge is 2.43. The lowest BCUT2D eigenvalue weighted by Gasteiger charge is -2.37. The van der Waals surface area contributed by atoms with Crippen LogP contribution in [0.25, 0.3) is 0 Å². The molecule has 1 saturated heterocycles. The quantitative estimate of drug-likeness (QED) is 0.836.